The van der Waals surface area contributed by atoms with E-state index in [4.69, 9.17) is 5.73 Å². The molecule has 2 heteroatoms. The first kappa shape index (κ1) is 8.35. The number of rotatable bonds is 1. The predicted octanol–water partition coefficient (Wildman–Crippen LogP) is 3.00. The van der Waals surface area contributed by atoms with Crippen molar-refractivity contribution in [3.8, 4) is 0 Å². The zero-order valence-electron chi connectivity index (χ0n) is 7.05. The van der Waals surface area contributed by atoms with Crippen LogP contribution in [0.5, 0.6) is 0 Å². The van der Waals surface area contributed by atoms with Crippen molar-refractivity contribution in [1.29, 1.82) is 0 Å². The minimum atomic E-state index is 0.780. The van der Waals surface area contributed by atoms with E-state index >= 15 is 0 Å². The Kier molecular flexibility index (Phi) is 2.02. The third kappa shape index (κ3) is 1.58. The van der Waals surface area contributed by atoms with Crippen molar-refractivity contribution in [2.24, 2.45) is 5.92 Å². The molecule has 0 heterocycles. The number of nitrogen functional groups attached to an aromatic ring is 1. The Labute approximate surface area is 86.5 Å². The molecule has 0 aromatic heterocycles. The molecule has 1 aliphatic rings. The highest BCUT2D eigenvalue weighted by molar-refractivity contribution is 14.1. The summed E-state index contributed by atoms with van der Waals surface area (Å²) in [5.41, 5.74) is 8.09. The number of halogens is 1. The topological polar surface area (TPSA) is 26.0 Å². The van der Waals surface area contributed by atoms with Crippen molar-refractivity contribution in [3.63, 3.8) is 0 Å². The Morgan fingerprint density at radius 1 is 1.42 bits per heavy atom. The molecule has 1 aliphatic carbocycles. The van der Waals surface area contributed by atoms with Gasteiger partial charge in [0.2, 0.25) is 0 Å². The van der Waals surface area contributed by atoms with Gasteiger partial charge in [-0.2, -0.15) is 0 Å². The van der Waals surface area contributed by atoms with Crippen molar-refractivity contribution in [2.45, 2.75) is 19.3 Å². The van der Waals surface area contributed by atoms with Gasteiger partial charge in [0.05, 0.1) is 0 Å². The first-order valence-electron chi connectivity index (χ1n) is 4.23. The molecule has 12 heavy (non-hydrogen) atoms. The van der Waals surface area contributed by atoms with Crippen molar-refractivity contribution in [3.05, 3.63) is 27.3 Å². The van der Waals surface area contributed by atoms with Gasteiger partial charge in [-0.1, -0.05) is 6.92 Å². The smallest absolute Gasteiger partial charge is 0.0327 e. The van der Waals surface area contributed by atoms with Crippen LogP contribution in [0.4, 0.5) is 5.69 Å². The van der Waals surface area contributed by atoms with Gasteiger partial charge in [-0.25, -0.2) is 0 Å². The summed E-state index contributed by atoms with van der Waals surface area (Å²) in [6, 6.07) is 6.36. The Morgan fingerprint density at radius 2 is 2.08 bits per heavy atom. The first-order valence-corrected chi connectivity index (χ1v) is 5.30. The normalized spacial score (nSPS) is 27.2. The van der Waals surface area contributed by atoms with E-state index in [1.165, 1.54) is 15.6 Å². The fourth-order valence-corrected chi connectivity index (χ4v) is 2.36. The molecule has 0 amide bonds. The summed E-state index contributed by atoms with van der Waals surface area (Å²) in [5.74, 6) is 1.64. The van der Waals surface area contributed by atoms with Crippen molar-refractivity contribution in [2.75, 3.05) is 5.73 Å². The van der Waals surface area contributed by atoms with Crippen LogP contribution in [0.15, 0.2) is 18.2 Å². The molecule has 0 bridgehead atoms. The summed E-state index contributed by atoms with van der Waals surface area (Å²) in [5, 5.41) is 0. The van der Waals surface area contributed by atoms with Gasteiger partial charge in [0, 0.05) is 9.26 Å². The lowest BCUT2D eigenvalue weighted by atomic mass is 10.1. The van der Waals surface area contributed by atoms with Crippen molar-refractivity contribution in [1.82, 2.24) is 0 Å². The SMILES string of the molecule is CC1CC1c1cc(N)cc(I)c1. The fraction of sp³-hybridized carbons (Fsp3) is 0.400. The molecule has 0 radical (unpaired) electrons. The maximum absolute atomic E-state index is 5.77. The second kappa shape index (κ2) is 2.91. The number of anilines is 1. The molecule has 1 saturated carbocycles. The largest absolute Gasteiger partial charge is 0.399 e. The summed E-state index contributed by atoms with van der Waals surface area (Å²) in [7, 11) is 0. The summed E-state index contributed by atoms with van der Waals surface area (Å²) in [6.45, 7) is 2.29. The van der Waals surface area contributed by atoms with Crippen LogP contribution in [0, 0.1) is 9.49 Å². The van der Waals surface area contributed by atoms with Crippen molar-refractivity contribution < 1.29 is 0 Å². The minimum Gasteiger partial charge on any atom is -0.399 e. The van der Waals surface area contributed by atoms with E-state index < -0.39 is 0 Å². The molecule has 0 aliphatic heterocycles. The van der Waals surface area contributed by atoms with Gasteiger partial charge in [0.15, 0.2) is 0 Å². The predicted molar refractivity (Wildman–Crippen MR) is 60.1 cm³/mol. The van der Waals surface area contributed by atoms with E-state index in [0.717, 1.165) is 17.5 Å². The molecule has 1 aromatic rings. The number of benzene rings is 1. The second-order valence-corrected chi connectivity index (χ2v) is 4.88. The molecule has 2 rings (SSSR count). The van der Waals surface area contributed by atoms with Gasteiger partial charge < -0.3 is 5.73 Å². The van der Waals surface area contributed by atoms with Gasteiger partial charge in [0.1, 0.15) is 0 Å². The van der Waals surface area contributed by atoms with E-state index in [-0.39, 0.29) is 0 Å². The molecule has 1 nitrogen and oxygen atoms in total. The Bertz CT molecular complexity index is 288. The standard InChI is InChI=1S/C10H12IN/c1-6-2-10(6)7-3-8(11)5-9(12)4-7/h3-6,10H,2,12H2,1H3. The van der Waals surface area contributed by atoms with Gasteiger partial charge in [-0.15, -0.1) is 0 Å². The second-order valence-electron chi connectivity index (χ2n) is 3.64. The van der Waals surface area contributed by atoms with E-state index in [0.29, 0.717) is 0 Å². The van der Waals surface area contributed by atoms with Crippen LogP contribution in [0.25, 0.3) is 0 Å². The Morgan fingerprint density at radius 3 is 2.58 bits per heavy atom. The lowest BCUT2D eigenvalue weighted by Crippen LogP contribution is -1.89. The third-order valence-electron chi connectivity index (χ3n) is 2.48. The van der Waals surface area contributed by atoms with Gasteiger partial charge in [0.25, 0.3) is 0 Å². The summed E-state index contributed by atoms with van der Waals surface area (Å²) >= 11 is 2.32. The highest BCUT2D eigenvalue weighted by Crippen LogP contribution is 2.47. The summed E-state index contributed by atoms with van der Waals surface area (Å²) < 4.78 is 1.25. The quantitative estimate of drug-likeness (QED) is 0.617. The van der Waals surface area contributed by atoms with Crippen LogP contribution >= 0.6 is 22.6 Å². The Hall–Kier alpha value is -0.250. The minimum absolute atomic E-state index is 0.780. The van der Waals surface area contributed by atoms with Gasteiger partial charge in [-0.3, -0.25) is 0 Å². The van der Waals surface area contributed by atoms with E-state index in [1.807, 2.05) is 6.07 Å². The highest BCUT2D eigenvalue weighted by atomic mass is 127. The molecule has 64 valence electrons. The van der Waals surface area contributed by atoms with Gasteiger partial charge in [-0.05, 0) is 64.6 Å². The Balaban J connectivity index is 2.32. The van der Waals surface area contributed by atoms with E-state index in [9.17, 15) is 0 Å². The number of hydrogen-bond acceptors (Lipinski definition) is 1. The third-order valence-corrected chi connectivity index (χ3v) is 3.10. The van der Waals surface area contributed by atoms with Crippen molar-refractivity contribution >= 4 is 28.3 Å². The fourth-order valence-electron chi connectivity index (χ4n) is 1.64. The monoisotopic (exact) mass is 273 g/mol. The summed E-state index contributed by atoms with van der Waals surface area (Å²) in [6.07, 6.45) is 1.33. The molecule has 0 saturated heterocycles. The summed E-state index contributed by atoms with van der Waals surface area (Å²) in [4.78, 5) is 0. The maximum Gasteiger partial charge on any atom is 0.0327 e. The average molecular weight is 273 g/mol. The van der Waals surface area contributed by atoms with Crippen LogP contribution in [-0.2, 0) is 0 Å². The number of nitrogens with two attached hydrogens (primary N) is 1. The molecule has 1 aromatic carbocycles. The molecule has 0 spiro atoms. The molecule has 2 unspecified atom stereocenters. The van der Waals surface area contributed by atoms with Crippen LogP contribution in [-0.4, -0.2) is 0 Å². The molecule has 1 fully saturated rings. The van der Waals surface area contributed by atoms with E-state index in [1.54, 1.807) is 0 Å². The van der Waals surface area contributed by atoms with Crippen LogP contribution in [0.3, 0.4) is 0 Å². The molecule has 2 N–H and O–H groups in total. The molecular weight excluding hydrogens is 261 g/mol. The van der Waals surface area contributed by atoms with Crippen LogP contribution < -0.4 is 5.73 Å². The lowest BCUT2D eigenvalue weighted by Gasteiger charge is -2.01. The number of hydrogen-bond donors (Lipinski definition) is 1. The molecule has 2 atom stereocenters. The lowest BCUT2D eigenvalue weighted by molar-refractivity contribution is 0.914. The van der Waals surface area contributed by atoms with Gasteiger partial charge >= 0.3 is 0 Å². The zero-order chi connectivity index (χ0) is 8.72. The first-order chi connectivity index (χ1) is 5.66. The maximum atomic E-state index is 5.77. The van der Waals surface area contributed by atoms with E-state index in [2.05, 4.69) is 41.6 Å². The highest BCUT2D eigenvalue weighted by Gasteiger charge is 2.33. The molecular formula is C10H12IN. The van der Waals surface area contributed by atoms with Crippen LogP contribution in [0.1, 0.15) is 24.8 Å². The zero-order valence-corrected chi connectivity index (χ0v) is 9.21. The average Bonchev–Trinajstić information content (AvgIpc) is 2.64. The van der Waals surface area contributed by atoms with Crippen LogP contribution in [0.2, 0.25) is 0 Å².